The minimum atomic E-state index is -0.121. The Morgan fingerprint density at radius 2 is 1.74 bits per heavy atom. The highest BCUT2D eigenvalue weighted by atomic mass is 35.5. The highest BCUT2D eigenvalue weighted by Crippen LogP contribution is 2.20. The van der Waals surface area contributed by atoms with Crippen LogP contribution < -0.4 is 10.2 Å². The molecule has 0 atom stereocenters. The van der Waals surface area contributed by atoms with Crippen molar-refractivity contribution in [3.8, 4) is 0 Å². The van der Waals surface area contributed by atoms with Gasteiger partial charge in [0, 0.05) is 25.3 Å². The van der Waals surface area contributed by atoms with Crippen LogP contribution in [0.5, 0.6) is 0 Å². The van der Waals surface area contributed by atoms with E-state index in [0.29, 0.717) is 17.1 Å². The maximum atomic E-state index is 12.1. The SMILES string of the molecule is O=C(NCCc1ccc(N2CCCC2)cc1)c1ccccc1Cl. The van der Waals surface area contributed by atoms with Gasteiger partial charge in [0.2, 0.25) is 0 Å². The minimum absolute atomic E-state index is 0.121. The number of nitrogens with one attached hydrogen (secondary N) is 1. The number of hydrogen-bond donors (Lipinski definition) is 1. The Labute approximate surface area is 142 Å². The summed E-state index contributed by atoms with van der Waals surface area (Å²) in [6.45, 7) is 2.92. The Morgan fingerprint density at radius 3 is 2.43 bits per heavy atom. The van der Waals surface area contributed by atoms with Gasteiger partial charge in [-0.05, 0) is 49.1 Å². The van der Waals surface area contributed by atoms with Crippen LogP contribution in [-0.4, -0.2) is 25.5 Å². The van der Waals surface area contributed by atoms with Gasteiger partial charge in [-0.3, -0.25) is 4.79 Å². The molecule has 0 spiro atoms. The summed E-state index contributed by atoms with van der Waals surface area (Å²) < 4.78 is 0. The number of benzene rings is 2. The lowest BCUT2D eigenvalue weighted by atomic mass is 10.1. The first-order chi connectivity index (χ1) is 11.2. The molecular weight excluding hydrogens is 308 g/mol. The van der Waals surface area contributed by atoms with Crippen molar-refractivity contribution < 1.29 is 4.79 Å². The van der Waals surface area contributed by atoms with Crippen LogP contribution in [0.1, 0.15) is 28.8 Å². The van der Waals surface area contributed by atoms with Crippen molar-refractivity contribution in [3.63, 3.8) is 0 Å². The summed E-state index contributed by atoms with van der Waals surface area (Å²) in [5, 5.41) is 3.41. The number of nitrogens with zero attached hydrogens (tertiary/aromatic N) is 1. The van der Waals surface area contributed by atoms with E-state index in [-0.39, 0.29) is 5.91 Å². The number of hydrogen-bond acceptors (Lipinski definition) is 2. The predicted molar refractivity (Wildman–Crippen MR) is 95.4 cm³/mol. The van der Waals surface area contributed by atoms with Gasteiger partial charge in [-0.15, -0.1) is 0 Å². The van der Waals surface area contributed by atoms with Crippen molar-refractivity contribution in [2.24, 2.45) is 0 Å². The highest BCUT2D eigenvalue weighted by Gasteiger charge is 2.12. The third-order valence-electron chi connectivity index (χ3n) is 4.23. The van der Waals surface area contributed by atoms with E-state index < -0.39 is 0 Å². The number of amides is 1. The lowest BCUT2D eigenvalue weighted by Gasteiger charge is -2.17. The smallest absolute Gasteiger partial charge is 0.252 e. The number of rotatable bonds is 5. The van der Waals surface area contributed by atoms with Gasteiger partial charge in [0.05, 0.1) is 10.6 Å². The summed E-state index contributed by atoms with van der Waals surface area (Å²) in [5.74, 6) is -0.121. The van der Waals surface area contributed by atoms with Crippen molar-refractivity contribution >= 4 is 23.2 Å². The van der Waals surface area contributed by atoms with Crippen molar-refractivity contribution in [2.45, 2.75) is 19.3 Å². The summed E-state index contributed by atoms with van der Waals surface area (Å²) in [5.41, 5.74) is 3.05. The van der Waals surface area contributed by atoms with Gasteiger partial charge in [-0.2, -0.15) is 0 Å². The van der Waals surface area contributed by atoms with Gasteiger partial charge in [-0.1, -0.05) is 35.9 Å². The largest absolute Gasteiger partial charge is 0.372 e. The molecule has 1 heterocycles. The van der Waals surface area contributed by atoms with Gasteiger partial charge in [-0.25, -0.2) is 0 Å². The van der Waals surface area contributed by atoms with Crippen molar-refractivity contribution in [1.82, 2.24) is 5.32 Å². The molecule has 120 valence electrons. The second kappa shape index (κ2) is 7.51. The fourth-order valence-electron chi connectivity index (χ4n) is 2.91. The van der Waals surface area contributed by atoms with Crippen LogP contribution in [0.15, 0.2) is 48.5 Å². The lowest BCUT2D eigenvalue weighted by Crippen LogP contribution is -2.26. The molecule has 4 heteroatoms. The molecular formula is C19H21ClN2O. The molecule has 0 saturated carbocycles. The Bertz CT molecular complexity index is 663. The molecule has 1 saturated heterocycles. The molecule has 1 aliphatic rings. The van der Waals surface area contributed by atoms with Crippen molar-refractivity contribution in [2.75, 3.05) is 24.5 Å². The van der Waals surface area contributed by atoms with Gasteiger partial charge in [0.15, 0.2) is 0 Å². The van der Waals surface area contributed by atoms with Crippen LogP contribution in [0.3, 0.4) is 0 Å². The normalized spacial score (nSPS) is 14.0. The highest BCUT2D eigenvalue weighted by molar-refractivity contribution is 6.33. The van der Waals surface area contributed by atoms with Crippen LogP contribution in [0.25, 0.3) is 0 Å². The predicted octanol–water partition coefficient (Wildman–Crippen LogP) is 3.91. The summed E-state index contributed by atoms with van der Waals surface area (Å²) >= 11 is 6.03. The summed E-state index contributed by atoms with van der Waals surface area (Å²) in [7, 11) is 0. The Balaban J connectivity index is 1.50. The molecule has 0 unspecified atom stereocenters. The summed E-state index contributed by atoms with van der Waals surface area (Å²) in [6.07, 6.45) is 3.39. The third kappa shape index (κ3) is 4.05. The van der Waals surface area contributed by atoms with Crippen molar-refractivity contribution in [1.29, 1.82) is 0 Å². The van der Waals surface area contributed by atoms with Crippen LogP contribution in [0.4, 0.5) is 5.69 Å². The Hall–Kier alpha value is -2.00. The molecule has 1 amide bonds. The van der Waals surface area contributed by atoms with Crippen LogP contribution in [-0.2, 0) is 6.42 Å². The van der Waals surface area contributed by atoms with Gasteiger partial charge < -0.3 is 10.2 Å². The zero-order chi connectivity index (χ0) is 16.1. The van der Waals surface area contributed by atoms with Crippen LogP contribution in [0.2, 0.25) is 5.02 Å². The minimum Gasteiger partial charge on any atom is -0.372 e. The standard InChI is InChI=1S/C19H21ClN2O/c20-18-6-2-1-5-17(18)19(23)21-12-11-15-7-9-16(10-8-15)22-13-3-4-14-22/h1-2,5-10H,3-4,11-14H2,(H,21,23). The maximum absolute atomic E-state index is 12.1. The van der Waals surface area contributed by atoms with E-state index in [2.05, 4.69) is 34.5 Å². The molecule has 0 radical (unpaired) electrons. The van der Waals surface area contributed by atoms with E-state index in [4.69, 9.17) is 11.6 Å². The number of halogens is 1. The fourth-order valence-corrected chi connectivity index (χ4v) is 3.13. The van der Waals surface area contributed by atoms with E-state index in [0.717, 1.165) is 19.5 Å². The third-order valence-corrected chi connectivity index (χ3v) is 4.55. The summed E-state index contributed by atoms with van der Waals surface area (Å²) in [6, 6.07) is 15.8. The molecule has 1 fully saturated rings. The zero-order valence-electron chi connectivity index (χ0n) is 13.1. The molecule has 2 aromatic rings. The first-order valence-corrected chi connectivity index (χ1v) is 8.48. The monoisotopic (exact) mass is 328 g/mol. The van der Waals surface area contributed by atoms with Crippen LogP contribution >= 0.6 is 11.6 Å². The van der Waals surface area contributed by atoms with Crippen LogP contribution in [0, 0.1) is 0 Å². The first kappa shape index (κ1) is 15.9. The van der Waals surface area contributed by atoms with E-state index in [1.54, 1.807) is 12.1 Å². The van der Waals surface area contributed by atoms with E-state index in [9.17, 15) is 4.79 Å². The fraction of sp³-hybridized carbons (Fsp3) is 0.316. The van der Waals surface area contributed by atoms with Gasteiger partial charge in [0.1, 0.15) is 0 Å². The zero-order valence-corrected chi connectivity index (χ0v) is 13.9. The maximum Gasteiger partial charge on any atom is 0.252 e. The average Bonchev–Trinajstić information content (AvgIpc) is 3.10. The molecule has 3 nitrogen and oxygen atoms in total. The molecule has 23 heavy (non-hydrogen) atoms. The molecule has 0 aromatic heterocycles. The van der Waals surface area contributed by atoms with Gasteiger partial charge in [0.25, 0.3) is 5.91 Å². The Kier molecular flexibility index (Phi) is 5.19. The number of carbonyl (C=O) groups excluding carboxylic acids is 1. The second-order valence-electron chi connectivity index (χ2n) is 5.85. The molecule has 0 aliphatic carbocycles. The molecule has 1 aliphatic heterocycles. The average molecular weight is 329 g/mol. The number of anilines is 1. The topological polar surface area (TPSA) is 32.3 Å². The van der Waals surface area contributed by atoms with Gasteiger partial charge >= 0.3 is 0 Å². The second-order valence-corrected chi connectivity index (χ2v) is 6.25. The lowest BCUT2D eigenvalue weighted by molar-refractivity contribution is 0.0954. The molecule has 0 bridgehead atoms. The van der Waals surface area contributed by atoms with E-state index >= 15 is 0 Å². The summed E-state index contributed by atoms with van der Waals surface area (Å²) in [4.78, 5) is 14.5. The molecule has 3 rings (SSSR count). The molecule has 2 aromatic carbocycles. The quantitative estimate of drug-likeness (QED) is 0.902. The first-order valence-electron chi connectivity index (χ1n) is 8.10. The Morgan fingerprint density at radius 1 is 1.04 bits per heavy atom. The van der Waals surface area contributed by atoms with E-state index in [1.165, 1.54) is 24.1 Å². The molecule has 1 N–H and O–H groups in total. The number of carbonyl (C=O) groups is 1. The van der Waals surface area contributed by atoms with E-state index in [1.807, 2.05) is 12.1 Å². The van der Waals surface area contributed by atoms with Crippen molar-refractivity contribution in [3.05, 3.63) is 64.7 Å².